The number of tetrazole rings is 1. The van der Waals surface area contributed by atoms with Gasteiger partial charge in [0, 0.05) is 11.6 Å². The Labute approximate surface area is 158 Å². The first-order valence-electron chi connectivity index (χ1n) is 8.18. The second-order valence-corrected chi connectivity index (χ2v) is 7.37. The van der Waals surface area contributed by atoms with Crippen molar-refractivity contribution in [2.24, 2.45) is 13.0 Å². The number of carboxylic acid groups (broad SMARTS) is 1. The number of carbonyl (C=O) groups is 1. The fraction of sp³-hybridized carbons (Fsp3) is 0.353. The zero-order valence-corrected chi connectivity index (χ0v) is 16.0. The molecule has 3 aromatic rings. The standard InChI is InChI=1S/C17H18FN5O3S/c1-8(2)7-26-13-6-12(18)10(5-11(13)15-20-22-23(4)21-15)16-19-9(3)14(27-16)17(24)25/h5-6,8H,7H2,1-4H3,(H,24,25). The number of rotatable bonds is 6. The third kappa shape index (κ3) is 3.95. The van der Waals surface area contributed by atoms with Gasteiger partial charge in [0.25, 0.3) is 0 Å². The van der Waals surface area contributed by atoms with E-state index in [1.165, 1.54) is 16.9 Å². The third-order valence-electron chi connectivity index (χ3n) is 3.61. The normalized spacial score (nSPS) is 11.2. The van der Waals surface area contributed by atoms with Crippen LogP contribution in [0, 0.1) is 18.7 Å². The van der Waals surface area contributed by atoms with E-state index in [0.717, 1.165) is 11.3 Å². The van der Waals surface area contributed by atoms with Gasteiger partial charge in [-0.3, -0.25) is 0 Å². The summed E-state index contributed by atoms with van der Waals surface area (Å²) in [5.74, 6) is -0.833. The summed E-state index contributed by atoms with van der Waals surface area (Å²) in [6, 6.07) is 2.77. The fourth-order valence-corrected chi connectivity index (χ4v) is 3.29. The van der Waals surface area contributed by atoms with Crippen molar-refractivity contribution in [2.45, 2.75) is 20.8 Å². The predicted octanol–water partition coefficient (Wildman–Crippen LogP) is 3.18. The maximum Gasteiger partial charge on any atom is 0.347 e. The van der Waals surface area contributed by atoms with Gasteiger partial charge in [0.05, 0.1) is 24.9 Å². The second kappa shape index (κ2) is 7.39. The lowest BCUT2D eigenvalue weighted by atomic mass is 10.1. The van der Waals surface area contributed by atoms with Crippen LogP contribution in [0.1, 0.15) is 29.2 Å². The van der Waals surface area contributed by atoms with Crippen LogP contribution in [0.4, 0.5) is 4.39 Å². The molecule has 0 saturated carbocycles. The molecule has 0 fully saturated rings. The summed E-state index contributed by atoms with van der Waals surface area (Å²) in [7, 11) is 1.62. The zero-order valence-electron chi connectivity index (χ0n) is 15.2. The summed E-state index contributed by atoms with van der Waals surface area (Å²) >= 11 is 0.915. The number of aromatic carboxylic acids is 1. The van der Waals surface area contributed by atoms with Gasteiger partial charge in [0.2, 0.25) is 5.82 Å². The molecule has 3 rings (SSSR count). The Balaban J connectivity index is 2.13. The topological polar surface area (TPSA) is 103 Å². The van der Waals surface area contributed by atoms with E-state index >= 15 is 0 Å². The van der Waals surface area contributed by atoms with E-state index in [-0.39, 0.29) is 27.2 Å². The average molecular weight is 391 g/mol. The first-order chi connectivity index (χ1) is 12.8. The van der Waals surface area contributed by atoms with Crippen LogP contribution in [-0.2, 0) is 7.05 Å². The van der Waals surface area contributed by atoms with Gasteiger partial charge in [-0.25, -0.2) is 14.2 Å². The van der Waals surface area contributed by atoms with Crippen LogP contribution in [0.5, 0.6) is 5.75 Å². The van der Waals surface area contributed by atoms with Crippen LogP contribution in [0.3, 0.4) is 0 Å². The highest BCUT2D eigenvalue weighted by Gasteiger charge is 2.22. The molecular weight excluding hydrogens is 373 g/mol. The summed E-state index contributed by atoms with van der Waals surface area (Å²) in [5, 5.41) is 21.4. The molecule has 1 N–H and O–H groups in total. The van der Waals surface area contributed by atoms with Crippen molar-refractivity contribution in [1.29, 1.82) is 0 Å². The first-order valence-corrected chi connectivity index (χ1v) is 8.99. The van der Waals surface area contributed by atoms with E-state index < -0.39 is 11.8 Å². The summed E-state index contributed by atoms with van der Waals surface area (Å²) < 4.78 is 20.5. The van der Waals surface area contributed by atoms with E-state index in [1.807, 2.05) is 13.8 Å². The molecule has 0 atom stereocenters. The Morgan fingerprint density at radius 1 is 1.37 bits per heavy atom. The molecule has 0 unspecified atom stereocenters. The van der Waals surface area contributed by atoms with Crippen molar-refractivity contribution < 1.29 is 19.0 Å². The maximum atomic E-state index is 14.8. The molecular formula is C17H18FN5O3S. The van der Waals surface area contributed by atoms with Crippen LogP contribution < -0.4 is 4.74 Å². The molecule has 8 nitrogen and oxygen atoms in total. The number of halogens is 1. The minimum Gasteiger partial charge on any atom is -0.492 e. The SMILES string of the molecule is Cc1nc(-c2cc(-c3nnn(C)n3)c(OCC(C)C)cc2F)sc1C(=O)O. The van der Waals surface area contributed by atoms with Crippen LogP contribution in [0.25, 0.3) is 22.0 Å². The van der Waals surface area contributed by atoms with Gasteiger partial charge in [0.15, 0.2) is 0 Å². The summed E-state index contributed by atoms with van der Waals surface area (Å²) in [4.78, 5) is 16.8. The molecule has 0 spiro atoms. The van der Waals surface area contributed by atoms with Crippen LogP contribution >= 0.6 is 11.3 Å². The molecule has 2 heterocycles. The van der Waals surface area contributed by atoms with Crippen molar-refractivity contribution >= 4 is 17.3 Å². The number of ether oxygens (including phenoxy) is 1. The quantitative estimate of drug-likeness (QED) is 0.688. The molecule has 0 bridgehead atoms. The van der Waals surface area contributed by atoms with Crippen molar-refractivity contribution in [2.75, 3.05) is 6.61 Å². The Bertz CT molecular complexity index is 999. The molecule has 10 heteroatoms. The Morgan fingerprint density at radius 2 is 2.11 bits per heavy atom. The van der Waals surface area contributed by atoms with Crippen LogP contribution in [0.2, 0.25) is 0 Å². The largest absolute Gasteiger partial charge is 0.492 e. The Kier molecular flexibility index (Phi) is 5.17. The van der Waals surface area contributed by atoms with E-state index in [2.05, 4.69) is 20.4 Å². The molecule has 0 aliphatic rings. The number of benzene rings is 1. The fourth-order valence-electron chi connectivity index (χ4n) is 2.37. The van der Waals surface area contributed by atoms with E-state index in [9.17, 15) is 14.3 Å². The minimum atomic E-state index is -1.09. The highest BCUT2D eigenvalue weighted by Crippen LogP contribution is 2.37. The average Bonchev–Trinajstić information content (AvgIpc) is 3.18. The molecule has 142 valence electrons. The number of carboxylic acids is 1. The van der Waals surface area contributed by atoms with Gasteiger partial charge in [-0.15, -0.1) is 21.5 Å². The number of thiazole rings is 1. The highest BCUT2D eigenvalue weighted by atomic mass is 32.1. The van der Waals surface area contributed by atoms with Gasteiger partial charge in [-0.1, -0.05) is 13.8 Å². The number of hydrogen-bond donors (Lipinski definition) is 1. The first kappa shape index (κ1) is 18.9. The lowest BCUT2D eigenvalue weighted by Gasteiger charge is -2.13. The molecule has 0 aliphatic heterocycles. The smallest absolute Gasteiger partial charge is 0.347 e. The van der Waals surface area contributed by atoms with Crippen molar-refractivity contribution in [3.05, 3.63) is 28.5 Å². The number of aryl methyl sites for hydroxylation is 2. The van der Waals surface area contributed by atoms with E-state index in [1.54, 1.807) is 14.0 Å². The summed E-state index contributed by atoms with van der Waals surface area (Å²) in [6.45, 7) is 5.94. The zero-order chi connectivity index (χ0) is 19.7. The molecule has 1 aromatic carbocycles. The van der Waals surface area contributed by atoms with Crippen molar-refractivity contribution in [3.63, 3.8) is 0 Å². The van der Waals surface area contributed by atoms with E-state index in [4.69, 9.17) is 4.74 Å². The molecule has 0 saturated heterocycles. The van der Waals surface area contributed by atoms with Crippen LogP contribution in [-0.4, -0.2) is 42.9 Å². The van der Waals surface area contributed by atoms with Gasteiger partial charge >= 0.3 is 5.97 Å². The third-order valence-corrected chi connectivity index (χ3v) is 4.79. The van der Waals surface area contributed by atoms with E-state index in [0.29, 0.717) is 23.6 Å². The van der Waals surface area contributed by atoms with Crippen molar-refractivity contribution in [3.8, 4) is 27.7 Å². The monoisotopic (exact) mass is 391 g/mol. The number of nitrogens with zero attached hydrogens (tertiary/aromatic N) is 5. The lowest BCUT2D eigenvalue weighted by Crippen LogP contribution is -2.06. The number of aromatic nitrogens is 5. The van der Waals surface area contributed by atoms with Gasteiger partial charge in [-0.2, -0.15) is 4.80 Å². The Morgan fingerprint density at radius 3 is 2.67 bits per heavy atom. The second-order valence-electron chi connectivity index (χ2n) is 6.37. The summed E-state index contributed by atoms with van der Waals surface area (Å²) in [6.07, 6.45) is 0. The summed E-state index contributed by atoms with van der Waals surface area (Å²) in [5.41, 5.74) is 0.959. The molecule has 2 aromatic heterocycles. The van der Waals surface area contributed by atoms with Crippen molar-refractivity contribution in [1.82, 2.24) is 25.2 Å². The molecule has 0 aliphatic carbocycles. The number of hydrogen-bond acceptors (Lipinski definition) is 7. The predicted molar refractivity (Wildman–Crippen MR) is 97.3 cm³/mol. The Hall–Kier alpha value is -2.88. The van der Waals surface area contributed by atoms with Gasteiger partial charge in [-0.05, 0) is 24.1 Å². The maximum absolute atomic E-state index is 14.8. The van der Waals surface area contributed by atoms with Gasteiger partial charge < -0.3 is 9.84 Å². The van der Waals surface area contributed by atoms with Gasteiger partial charge in [0.1, 0.15) is 21.5 Å². The lowest BCUT2D eigenvalue weighted by molar-refractivity contribution is 0.0701. The molecule has 0 amide bonds. The minimum absolute atomic E-state index is 0.0729. The molecule has 27 heavy (non-hydrogen) atoms. The van der Waals surface area contributed by atoms with Crippen LogP contribution in [0.15, 0.2) is 12.1 Å². The molecule has 0 radical (unpaired) electrons. The highest BCUT2D eigenvalue weighted by molar-refractivity contribution is 7.17.